The summed E-state index contributed by atoms with van der Waals surface area (Å²) in [6.07, 6.45) is 2.07. The lowest BCUT2D eigenvalue weighted by Gasteiger charge is -2.12. The maximum atomic E-state index is 5.21. The number of hydrogen-bond acceptors (Lipinski definition) is 5. The lowest BCUT2D eigenvalue weighted by molar-refractivity contribution is 0.414. The van der Waals surface area contributed by atoms with E-state index in [2.05, 4.69) is 34.6 Å². The Balaban J connectivity index is 2.22. The van der Waals surface area contributed by atoms with Crippen LogP contribution in [0.3, 0.4) is 0 Å². The van der Waals surface area contributed by atoms with Crippen LogP contribution in [0.5, 0.6) is 5.75 Å². The van der Waals surface area contributed by atoms with Crippen LogP contribution in [0.1, 0.15) is 38.6 Å². The molecule has 6 nitrogen and oxygen atoms in total. The largest absolute Gasteiger partial charge is 0.497 e. The number of rotatable bonds is 7. The molecule has 20 heavy (non-hydrogen) atoms. The minimum atomic E-state index is 0.157. The summed E-state index contributed by atoms with van der Waals surface area (Å²) < 4.78 is 5.21. The molecule has 1 unspecified atom stereocenters. The highest BCUT2D eigenvalue weighted by molar-refractivity contribution is 5.37. The molecule has 0 aliphatic rings. The maximum Gasteiger partial charge on any atom is 0.192 e. The molecule has 2 rings (SSSR count). The number of nitrogens with one attached hydrogen (secondary N) is 1. The fourth-order valence-corrected chi connectivity index (χ4v) is 2.07. The van der Waals surface area contributed by atoms with Crippen molar-refractivity contribution in [3.63, 3.8) is 0 Å². The second-order valence-corrected chi connectivity index (χ2v) is 4.54. The monoisotopic (exact) mass is 275 g/mol. The van der Waals surface area contributed by atoms with E-state index in [-0.39, 0.29) is 6.04 Å². The Morgan fingerprint density at radius 2 is 2.20 bits per heavy atom. The molecule has 1 N–H and O–H groups in total. The molecule has 1 aromatic carbocycles. The number of methoxy groups -OCH3 is 1. The zero-order valence-corrected chi connectivity index (χ0v) is 12.2. The summed E-state index contributed by atoms with van der Waals surface area (Å²) >= 11 is 0. The van der Waals surface area contributed by atoms with Gasteiger partial charge >= 0.3 is 0 Å². The van der Waals surface area contributed by atoms with E-state index >= 15 is 0 Å². The van der Waals surface area contributed by atoms with E-state index in [0.29, 0.717) is 0 Å². The van der Waals surface area contributed by atoms with Gasteiger partial charge in [-0.25, -0.2) is 0 Å². The van der Waals surface area contributed by atoms with Gasteiger partial charge in [0.05, 0.1) is 18.8 Å². The Hall–Kier alpha value is -1.95. The minimum Gasteiger partial charge on any atom is -0.497 e. The topological polar surface area (TPSA) is 64.9 Å². The van der Waals surface area contributed by atoms with Gasteiger partial charge < -0.3 is 10.1 Å². The van der Waals surface area contributed by atoms with E-state index in [1.165, 1.54) is 4.80 Å². The van der Waals surface area contributed by atoms with Gasteiger partial charge in [-0.2, -0.15) is 0 Å². The second kappa shape index (κ2) is 7.00. The standard InChI is InChI=1S/C14H21N5O/c1-4-7-13(15-5-2)14-16-18-19(17-14)11-8-6-9-12(10-11)20-3/h6,8-10,13,15H,4-5,7H2,1-3H3. The van der Waals surface area contributed by atoms with Crippen LogP contribution < -0.4 is 10.1 Å². The van der Waals surface area contributed by atoms with Crippen molar-refractivity contribution in [2.45, 2.75) is 32.7 Å². The molecule has 1 atom stereocenters. The van der Waals surface area contributed by atoms with Crippen LogP contribution in [0, 0.1) is 0 Å². The van der Waals surface area contributed by atoms with E-state index in [0.717, 1.165) is 36.6 Å². The third-order valence-electron chi connectivity index (χ3n) is 3.05. The first kappa shape index (κ1) is 14.5. The fourth-order valence-electron chi connectivity index (χ4n) is 2.07. The van der Waals surface area contributed by atoms with E-state index in [4.69, 9.17) is 4.74 Å². The number of nitrogens with zero attached hydrogens (tertiary/aromatic N) is 4. The zero-order chi connectivity index (χ0) is 14.4. The molecule has 2 aromatic rings. The average molecular weight is 275 g/mol. The predicted octanol–water partition coefficient (Wildman–Crippen LogP) is 2.12. The molecule has 0 radical (unpaired) electrons. The molecular weight excluding hydrogens is 254 g/mol. The average Bonchev–Trinajstić information content (AvgIpc) is 2.97. The van der Waals surface area contributed by atoms with Crippen molar-refractivity contribution in [2.75, 3.05) is 13.7 Å². The van der Waals surface area contributed by atoms with Crippen LogP contribution in [0.2, 0.25) is 0 Å². The number of hydrogen-bond donors (Lipinski definition) is 1. The molecule has 0 saturated carbocycles. The predicted molar refractivity (Wildman–Crippen MR) is 77.0 cm³/mol. The lowest BCUT2D eigenvalue weighted by Crippen LogP contribution is -2.22. The number of benzene rings is 1. The fraction of sp³-hybridized carbons (Fsp3) is 0.500. The summed E-state index contributed by atoms with van der Waals surface area (Å²) in [6, 6.07) is 7.76. The summed E-state index contributed by atoms with van der Waals surface area (Å²) in [6.45, 7) is 5.12. The van der Waals surface area contributed by atoms with E-state index in [9.17, 15) is 0 Å². The summed E-state index contributed by atoms with van der Waals surface area (Å²) in [5.41, 5.74) is 0.842. The summed E-state index contributed by atoms with van der Waals surface area (Å²) in [5.74, 6) is 1.51. The van der Waals surface area contributed by atoms with Gasteiger partial charge in [0.1, 0.15) is 5.75 Å². The van der Waals surface area contributed by atoms with Crippen LogP contribution in [0.4, 0.5) is 0 Å². The normalized spacial score (nSPS) is 12.3. The molecule has 0 amide bonds. The summed E-state index contributed by atoms with van der Waals surface area (Å²) in [4.78, 5) is 1.54. The minimum absolute atomic E-state index is 0.157. The van der Waals surface area contributed by atoms with Gasteiger partial charge in [-0.15, -0.1) is 15.0 Å². The van der Waals surface area contributed by atoms with Gasteiger partial charge in [0.15, 0.2) is 5.82 Å². The van der Waals surface area contributed by atoms with Crippen LogP contribution in [-0.2, 0) is 0 Å². The third-order valence-corrected chi connectivity index (χ3v) is 3.05. The molecule has 1 aromatic heterocycles. The summed E-state index contributed by atoms with van der Waals surface area (Å²) in [5, 5.41) is 16.1. The smallest absolute Gasteiger partial charge is 0.192 e. The van der Waals surface area contributed by atoms with Crippen molar-refractivity contribution in [3.05, 3.63) is 30.1 Å². The lowest BCUT2D eigenvalue weighted by atomic mass is 10.1. The van der Waals surface area contributed by atoms with Crippen LogP contribution >= 0.6 is 0 Å². The summed E-state index contributed by atoms with van der Waals surface area (Å²) in [7, 11) is 1.64. The van der Waals surface area contributed by atoms with Crippen molar-refractivity contribution < 1.29 is 4.74 Å². The van der Waals surface area contributed by atoms with Crippen molar-refractivity contribution in [2.24, 2.45) is 0 Å². The SMILES string of the molecule is CCCC(NCC)c1nnn(-c2cccc(OC)c2)n1. The molecule has 0 spiro atoms. The van der Waals surface area contributed by atoms with Crippen LogP contribution in [-0.4, -0.2) is 33.9 Å². The van der Waals surface area contributed by atoms with E-state index in [1.54, 1.807) is 7.11 Å². The first-order valence-electron chi connectivity index (χ1n) is 6.96. The first-order valence-corrected chi connectivity index (χ1v) is 6.96. The second-order valence-electron chi connectivity index (χ2n) is 4.54. The molecule has 1 heterocycles. The van der Waals surface area contributed by atoms with Crippen molar-refractivity contribution in [1.82, 2.24) is 25.5 Å². The Bertz CT molecular complexity index is 534. The van der Waals surface area contributed by atoms with Crippen molar-refractivity contribution in [1.29, 1.82) is 0 Å². The van der Waals surface area contributed by atoms with Gasteiger partial charge in [0.25, 0.3) is 0 Å². The molecule has 0 aliphatic carbocycles. The zero-order valence-electron chi connectivity index (χ0n) is 12.2. The highest BCUT2D eigenvalue weighted by Gasteiger charge is 2.15. The maximum absolute atomic E-state index is 5.21. The van der Waals surface area contributed by atoms with Gasteiger partial charge in [0, 0.05) is 6.07 Å². The van der Waals surface area contributed by atoms with Gasteiger partial charge in [-0.3, -0.25) is 0 Å². The Morgan fingerprint density at radius 1 is 1.35 bits per heavy atom. The quantitative estimate of drug-likeness (QED) is 0.838. The van der Waals surface area contributed by atoms with Crippen molar-refractivity contribution in [3.8, 4) is 11.4 Å². The molecule has 0 bridgehead atoms. The third kappa shape index (κ3) is 3.33. The Morgan fingerprint density at radius 3 is 2.90 bits per heavy atom. The molecule has 0 fully saturated rings. The van der Waals surface area contributed by atoms with Gasteiger partial charge in [0.2, 0.25) is 0 Å². The van der Waals surface area contributed by atoms with Gasteiger partial charge in [-0.1, -0.05) is 26.3 Å². The Labute approximate surface area is 119 Å². The molecule has 6 heteroatoms. The van der Waals surface area contributed by atoms with E-state index in [1.807, 2.05) is 24.3 Å². The highest BCUT2D eigenvalue weighted by Crippen LogP contribution is 2.17. The van der Waals surface area contributed by atoms with E-state index < -0.39 is 0 Å². The van der Waals surface area contributed by atoms with Crippen LogP contribution in [0.25, 0.3) is 5.69 Å². The van der Waals surface area contributed by atoms with Crippen molar-refractivity contribution >= 4 is 0 Å². The molecule has 0 saturated heterocycles. The number of ether oxygens (including phenoxy) is 1. The number of aromatic nitrogens is 4. The van der Waals surface area contributed by atoms with Gasteiger partial charge in [-0.05, 0) is 30.3 Å². The highest BCUT2D eigenvalue weighted by atomic mass is 16.5. The first-order chi connectivity index (χ1) is 9.78. The Kier molecular flexibility index (Phi) is 5.06. The number of tetrazole rings is 1. The molecule has 108 valence electrons. The molecular formula is C14H21N5O. The van der Waals surface area contributed by atoms with Crippen LogP contribution in [0.15, 0.2) is 24.3 Å². The molecule has 0 aliphatic heterocycles.